The molecule has 0 atom stereocenters. The summed E-state index contributed by atoms with van der Waals surface area (Å²) in [5.41, 5.74) is 0. The van der Waals surface area contributed by atoms with Crippen LogP contribution in [0, 0.1) is 0 Å². The Morgan fingerprint density at radius 1 is 0.286 bits per heavy atom. The van der Waals surface area contributed by atoms with Crippen LogP contribution in [0.4, 0.5) is 0 Å². The van der Waals surface area contributed by atoms with Gasteiger partial charge in [-0.25, -0.2) is 0 Å². The van der Waals surface area contributed by atoms with E-state index in [4.69, 9.17) is 0 Å². The summed E-state index contributed by atoms with van der Waals surface area (Å²) < 4.78 is 0. The molecule has 0 aromatic carbocycles. The molecule has 0 amide bonds. The summed E-state index contributed by atoms with van der Waals surface area (Å²) in [4.78, 5) is 0. The second-order valence-electron chi connectivity index (χ2n) is 0. The Bertz CT molecular complexity index is 6.04. The first-order valence-electron chi connectivity index (χ1n) is 0. The molecule has 0 heterocycles. The van der Waals surface area contributed by atoms with E-state index in [0.29, 0.717) is 0 Å². The van der Waals surface area contributed by atoms with Crippen molar-refractivity contribution < 1.29 is 66.3 Å². The van der Waals surface area contributed by atoms with Crippen LogP contribution in [0.2, 0.25) is 0 Å². The van der Waals surface area contributed by atoms with Crippen molar-refractivity contribution in [2.45, 2.75) is 0 Å². The Balaban J connectivity index is 0. The van der Waals surface area contributed by atoms with E-state index in [0.717, 1.165) is 0 Å². The third-order valence-electron chi connectivity index (χ3n) is 0. The van der Waals surface area contributed by atoms with E-state index in [2.05, 4.69) is 0 Å². The SMILES string of the molecule is O.O.O.O.O.[Zn].[Zn]. The fraction of sp³-hybridized carbons (Fsp3) is 0. The van der Waals surface area contributed by atoms with Crippen molar-refractivity contribution >= 4 is 0 Å². The first kappa shape index (κ1) is 365. The Hall–Kier alpha value is 1.05. The van der Waals surface area contributed by atoms with Gasteiger partial charge < -0.3 is 27.4 Å². The molecule has 0 unspecified atom stereocenters. The summed E-state index contributed by atoms with van der Waals surface area (Å²) in [7, 11) is 0. The Labute approximate surface area is 66.5 Å². The van der Waals surface area contributed by atoms with Crippen molar-refractivity contribution in [1.29, 1.82) is 0 Å². The third-order valence-corrected chi connectivity index (χ3v) is 0. The van der Waals surface area contributed by atoms with Gasteiger partial charge >= 0.3 is 0 Å². The minimum Gasteiger partial charge on any atom is -0.412 e. The standard InChI is InChI=1S/5H2O.2Zn/h5*1H2;;. The first-order valence-corrected chi connectivity index (χ1v) is 0. The normalized spacial score (nSPS) is 0. The zero-order valence-corrected chi connectivity index (χ0v) is 9.85. The quantitative estimate of drug-likeness (QED) is 0.364. The van der Waals surface area contributed by atoms with Crippen molar-refractivity contribution in [1.82, 2.24) is 0 Å². The monoisotopic (exact) mass is 218 g/mol. The molecule has 0 aromatic heterocycles. The predicted molar refractivity (Wildman–Crippen MR) is 18.1 cm³/mol. The topological polar surface area (TPSA) is 158 Å². The molecule has 0 rings (SSSR count). The maximum atomic E-state index is 0. The van der Waals surface area contributed by atoms with E-state index in [1.54, 1.807) is 0 Å². The van der Waals surface area contributed by atoms with E-state index in [1.165, 1.54) is 0 Å². The van der Waals surface area contributed by atoms with E-state index in [1.807, 2.05) is 0 Å². The van der Waals surface area contributed by atoms with Crippen LogP contribution in [-0.2, 0) is 39.0 Å². The second kappa shape index (κ2) is 235. The van der Waals surface area contributed by atoms with Gasteiger partial charge in [-0.15, -0.1) is 0 Å². The average Bonchev–Trinajstić information content (AvgIpc) is 0. The van der Waals surface area contributed by atoms with Gasteiger partial charge in [0.25, 0.3) is 0 Å². The van der Waals surface area contributed by atoms with Crippen LogP contribution in [0.1, 0.15) is 0 Å². The Morgan fingerprint density at radius 2 is 0.286 bits per heavy atom. The minimum atomic E-state index is 0. The van der Waals surface area contributed by atoms with Gasteiger partial charge in [0.05, 0.1) is 0 Å². The molecular weight excluding hydrogens is 211 g/mol. The van der Waals surface area contributed by atoms with E-state index in [-0.39, 0.29) is 66.3 Å². The van der Waals surface area contributed by atoms with Gasteiger partial charge in [-0.2, -0.15) is 0 Å². The predicted octanol–water partition coefficient (Wildman–Crippen LogP) is -4.13. The van der Waals surface area contributed by atoms with Crippen LogP contribution >= 0.6 is 0 Å². The van der Waals surface area contributed by atoms with Crippen molar-refractivity contribution in [3.63, 3.8) is 0 Å². The van der Waals surface area contributed by atoms with Crippen LogP contribution in [0.5, 0.6) is 0 Å². The molecule has 7 heteroatoms. The molecule has 7 heavy (non-hydrogen) atoms. The molecule has 0 aliphatic carbocycles. The van der Waals surface area contributed by atoms with Gasteiger partial charge in [-0.3, -0.25) is 0 Å². The van der Waals surface area contributed by atoms with Gasteiger partial charge in [0.1, 0.15) is 0 Å². The zero-order valence-electron chi connectivity index (χ0n) is 3.91. The molecule has 0 aliphatic heterocycles. The molecule has 0 aliphatic rings. The molecule has 0 saturated heterocycles. The summed E-state index contributed by atoms with van der Waals surface area (Å²) in [6.07, 6.45) is 0. The average molecular weight is 221 g/mol. The largest absolute Gasteiger partial charge is 0.412 e. The maximum Gasteiger partial charge on any atom is 0 e. The molecule has 44 valence electrons. The Kier molecular flexibility index (Phi) is 12300. The van der Waals surface area contributed by atoms with Crippen molar-refractivity contribution in [3.8, 4) is 0 Å². The summed E-state index contributed by atoms with van der Waals surface area (Å²) in [5, 5.41) is 0. The Morgan fingerprint density at radius 3 is 0.286 bits per heavy atom. The van der Waals surface area contributed by atoms with Gasteiger partial charge in [-0.1, -0.05) is 0 Å². The van der Waals surface area contributed by atoms with E-state index >= 15 is 0 Å². The summed E-state index contributed by atoms with van der Waals surface area (Å²) in [6.45, 7) is 0. The van der Waals surface area contributed by atoms with Crippen molar-refractivity contribution in [2.75, 3.05) is 0 Å². The maximum absolute atomic E-state index is 0. The molecule has 0 saturated carbocycles. The molecule has 0 aromatic rings. The van der Waals surface area contributed by atoms with Gasteiger partial charge in [0.15, 0.2) is 0 Å². The fourth-order valence-electron chi connectivity index (χ4n) is 0. The van der Waals surface area contributed by atoms with Crippen molar-refractivity contribution in [3.05, 3.63) is 0 Å². The number of hydrogen-bond acceptors (Lipinski definition) is 0. The molecule has 0 radical (unpaired) electrons. The van der Waals surface area contributed by atoms with Gasteiger partial charge in [-0.05, 0) is 0 Å². The van der Waals surface area contributed by atoms with Crippen molar-refractivity contribution in [2.24, 2.45) is 0 Å². The molecule has 5 nitrogen and oxygen atoms in total. The molecule has 0 spiro atoms. The molecular formula is H10O5Zn2. The zero-order chi connectivity index (χ0) is 0. The van der Waals surface area contributed by atoms with E-state index < -0.39 is 0 Å². The van der Waals surface area contributed by atoms with Crippen LogP contribution in [0.25, 0.3) is 0 Å². The molecule has 10 N–H and O–H groups in total. The van der Waals surface area contributed by atoms with Gasteiger partial charge in [0, 0.05) is 39.0 Å². The number of rotatable bonds is 0. The van der Waals surface area contributed by atoms with Crippen LogP contribution in [0.15, 0.2) is 0 Å². The van der Waals surface area contributed by atoms with Crippen LogP contribution in [-0.4, -0.2) is 27.4 Å². The minimum absolute atomic E-state index is 0. The van der Waals surface area contributed by atoms with Crippen LogP contribution < -0.4 is 0 Å². The summed E-state index contributed by atoms with van der Waals surface area (Å²) in [6, 6.07) is 0. The molecule has 0 bridgehead atoms. The fourth-order valence-corrected chi connectivity index (χ4v) is 0. The van der Waals surface area contributed by atoms with Gasteiger partial charge in [0.2, 0.25) is 0 Å². The third kappa shape index (κ3) is 164. The van der Waals surface area contributed by atoms with Crippen LogP contribution in [0.3, 0.4) is 0 Å². The van der Waals surface area contributed by atoms with E-state index in [9.17, 15) is 0 Å². The first-order chi connectivity index (χ1) is 0. The molecule has 0 fully saturated rings. The second-order valence-corrected chi connectivity index (χ2v) is 0. The summed E-state index contributed by atoms with van der Waals surface area (Å²) in [5.74, 6) is 0. The smallest absolute Gasteiger partial charge is 0 e. The number of hydrogen-bond donors (Lipinski definition) is 0. The summed E-state index contributed by atoms with van der Waals surface area (Å²) >= 11 is 0.